The minimum atomic E-state index is -2.69. The summed E-state index contributed by atoms with van der Waals surface area (Å²) >= 11 is 0. The number of aromatic amines is 1. The molecule has 0 unspecified atom stereocenters. The van der Waals surface area contributed by atoms with Gasteiger partial charge in [-0.2, -0.15) is 10.2 Å². The molecule has 1 fully saturated rings. The zero-order valence-corrected chi connectivity index (χ0v) is 18.0. The highest BCUT2D eigenvalue weighted by atomic mass is 19.3. The molecular weight excluding hydrogens is 419 g/mol. The summed E-state index contributed by atoms with van der Waals surface area (Å²) in [6, 6.07) is 6.88. The van der Waals surface area contributed by atoms with Crippen LogP contribution >= 0.6 is 0 Å². The molecule has 1 aliphatic rings. The summed E-state index contributed by atoms with van der Waals surface area (Å²) in [6.07, 6.45) is -0.996. The highest BCUT2D eigenvalue weighted by molar-refractivity contribution is 5.97. The third kappa shape index (κ3) is 3.64. The van der Waals surface area contributed by atoms with Gasteiger partial charge in [0.15, 0.2) is 11.6 Å². The predicted octanol–water partition coefficient (Wildman–Crippen LogP) is 4.46. The maximum atomic E-state index is 14.5. The standard InChI is InChI=1S/C22H24F3N7/c1-11-8-32(9-12(2)26-11)15-6-16(21(24)25)19-18(7-15)28-29-22(19)27-14-4-13-10-31(3)30-20(13)17(23)5-14/h4-7,10-12,21,26H,8-9H2,1-3H3,(H2,27,28,29)/t11-,12-/m0/s1. The van der Waals surface area contributed by atoms with E-state index in [9.17, 15) is 13.2 Å². The van der Waals surface area contributed by atoms with Crippen molar-refractivity contribution in [2.45, 2.75) is 32.4 Å². The Morgan fingerprint density at radius 3 is 2.59 bits per heavy atom. The molecule has 1 aliphatic heterocycles. The van der Waals surface area contributed by atoms with E-state index in [0.717, 1.165) is 18.8 Å². The second-order valence-electron chi connectivity index (χ2n) is 8.53. The van der Waals surface area contributed by atoms with E-state index in [4.69, 9.17) is 0 Å². The van der Waals surface area contributed by atoms with Crippen molar-refractivity contribution in [2.75, 3.05) is 23.3 Å². The summed E-state index contributed by atoms with van der Waals surface area (Å²) < 4.78 is 44.2. The second kappa shape index (κ2) is 7.70. The van der Waals surface area contributed by atoms with Gasteiger partial charge in [-0.05, 0) is 38.1 Å². The molecule has 168 valence electrons. The van der Waals surface area contributed by atoms with Gasteiger partial charge in [0.2, 0.25) is 0 Å². The molecule has 2 atom stereocenters. The number of H-pyrrole nitrogens is 1. The molecule has 0 amide bonds. The van der Waals surface area contributed by atoms with Crippen LogP contribution in [-0.2, 0) is 7.05 Å². The summed E-state index contributed by atoms with van der Waals surface area (Å²) in [5.41, 5.74) is 1.77. The molecule has 3 N–H and O–H groups in total. The van der Waals surface area contributed by atoms with E-state index in [-0.39, 0.29) is 29.0 Å². The first kappa shape index (κ1) is 20.6. The van der Waals surface area contributed by atoms with Crippen molar-refractivity contribution in [3.8, 4) is 0 Å². The maximum Gasteiger partial charge on any atom is 0.264 e. The van der Waals surface area contributed by atoms with Crippen molar-refractivity contribution in [3.05, 3.63) is 41.8 Å². The molecule has 10 heteroatoms. The van der Waals surface area contributed by atoms with Gasteiger partial charge in [0.1, 0.15) is 5.52 Å². The Morgan fingerprint density at radius 1 is 1.12 bits per heavy atom. The number of nitrogens with one attached hydrogen (secondary N) is 3. The Hall–Kier alpha value is -3.27. The van der Waals surface area contributed by atoms with Gasteiger partial charge in [-0.15, -0.1) is 0 Å². The van der Waals surface area contributed by atoms with E-state index in [1.807, 2.05) is 6.07 Å². The second-order valence-corrected chi connectivity index (χ2v) is 8.53. The number of benzene rings is 2. The van der Waals surface area contributed by atoms with Crippen LogP contribution < -0.4 is 15.5 Å². The minimum absolute atomic E-state index is 0.115. The van der Waals surface area contributed by atoms with Crippen molar-refractivity contribution in [1.29, 1.82) is 0 Å². The monoisotopic (exact) mass is 443 g/mol. The van der Waals surface area contributed by atoms with Gasteiger partial charge in [-0.3, -0.25) is 9.78 Å². The zero-order chi connectivity index (χ0) is 22.6. The number of aromatic nitrogens is 4. The van der Waals surface area contributed by atoms with E-state index in [2.05, 4.69) is 44.7 Å². The first-order valence-corrected chi connectivity index (χ1v) is 10.5. The third-order valence-electron chi connectivity index (χ3n) is 5.78. The molecule has 0 spiro atoms. The van der Waals surface area contributed by atoms with Crippen LogP contribution in [0.1, 0.15) is 25.8 Å². The van der Waals surface area contributed by atoms with Crippen molar-refractivity contribution in [3.63, 3.8) is 0 Å². The Balaban J connectivity index is 1.55. The van der Waals surface area contributed by atoms with E-state index in [1.54, 1.807) is 19.3 Å². The lowest BCUT2D eigenvalue weighted by Crippen LogP contribution is -2.54. The van der Waals surface area contributed by atoms with E-state index < -0.39 is 12.2 Å². The minimum Gasteiger partial charge on any atom is -0.368 e. The summed E-state index contributed by atoms with van der Waals surface area (Å²) in [6.45, 7) is 5.60. The lowest BCUT2D eigenvalue weighted by atomic mass is 10.1. The third-order valence-corrected chi connectivity index (χ3v) is 5.78. The Morgan fingerprint density at radius 2 is 1.88 bits per heavy atom. The number of aryl methyl sites for hydroxylation is 1. The molecule has 32 heavy (non-hydrogen) atoms. The molecule has 0 radical (unpaired) electrons. The number of halogens is 3. The molecule has 3 heterocycles. The first-order valence-electron chi connectivity index (χ1n) is 10.5. The fourth-order valence-corrected chi connectivity index (χ4v) is 4.58. The average molecular weight is 443 g/mol. The lowest BCUT2D eigenvalue weighted by molar-refractivity contribution is 0.153. The molecular formula is C22H24F3N7. The topological polar surface area (TPSA) is 73.8 Å². The summed E-state index contributed by atoms with van der Waals surface area (Å²) in [4.78, 5) is 2.11. The molecule has 1 saturated heterocycles. The highest BCUT2D eigenvalue weighted by Crippen LogP contribution is 2.37. The number of alkyl halides is 2. The number of hydrogen-bond acceptors (Lipinski definition) is 5. The molecule has 2 aromatic carbocycles. The number of hydrogen-bond donors (Lipinski definition) is 3. The molecule has 4 aromatic rings. The SMILES string of the molecule is C[C@H]1CN(c2cc(C(F)F)c3c(Nc4cc(F)c5nn(C)cc5c4)n[nH]c3c2)C[C@H](C)N1. The lowest BCUT2D eigenvalue weighted by Gasteiger charge is -2.37. The van der Waals surface area contributed by atoms with Crippen LogP contribution in [0.5, 0.6) is 0 Å². The maximum absolute atomic E-state index is 14.5. The number of nitrogens with zero attached hydrogens (tertiary/aromatic N) is 4. The Kier molecular flexibility index (Phi) is 4.96. The quantitative estimate of drug-likeness (QED) is 0.434. The highest BCUT2D eigenvalue weighted by Gasteiger charge is 2.25. The molecule has 2 aromatic heterocycles. The Labute approximate surface area is 182 Å². The summed E-state index contributed by atoms with van der Waals surface area (Å²) in [7, 11) is 1.71. The van der Waals surface area contributed by atoms with Crippen molar-refractivity contribution in [2.24, 2.45) is 7.05 Å². The van der Waals surface area contributed by atoms with Gasteiger partial charge in [-0.1, -0.05) is 0 Å². The summed E-state index contributed by atoms with van der Waals surface area (Å²) in [5, 5.41) is 18.5. The number of anilines is 3. The summed E-state index contributed by atoms with van der Waals surface area (Å²) in [5.74, 6) is -0.268. The van der Waals surface area contributed by atoms with Crippen LogP contribution in [0.25, 0.3) is 21.8 Å². The van der Waals surface area contributed by atoms with E-state index in [0.29, 0.717) is 22.0 Å². The van der Waals surface area contributed by atoms with Gasteiger partial charge >= 0.3 is 0 Å². The van der Waals surface area contributed by atoms with Crippen LogP contribution in [0.4, 0.5) is 30.4 Å². The average Bonchev–Trinajstić information content (AvgIpc) is 3.29. The van der Waals surface area contributed by atoms with Gasteiger partial charge in [-0.25, -0.2) is 13.2 Å². The first-order chi connectivity index (χ1) is 15.3. The molecule has 0 saturated carbocycles. The van der Waals surface area contributed by atoms with Crippen LogP contribution in [0.3, 0.4) is 0 Å². The Bertz CT molecular complexity index is 1290. The van der Waals surface area contributed by atoms with Crippen molar-refractivity contribution in [1.82, 2.24) is 25.3 Å². The number of piperazine rings is 1. The predicted molar refractivity (Wildman–Crippen MR) is 119 cm³/mol. The number of rotatable bonds is 4. The normalized spacial score (nSPS) is 19.4. The van der Waals surface area contributed by atoms with Crippen LogP contribution in [0.2, 0.25) is 0 Å². The van der Waals surface area contributed by atoms with Crippen LogP contribution in [0, 0.1) is 5.82 Å². The molecule has 5 rings (SSSR count). The van der Waals surface area contributed by atoms with Crippen molar-refractivity contribution < 1.29 is 13.2 Å². The van der Waals surface area contributed by atoms with Crippen LogP contribution in [0.15, 0.2) is 30.5 Å². The fourth-order valence-electron chi connectivity index (χ4n) is 4.58. The van der Waals surface area contributed by atoms with E-state index >= 15 is 0 Å². The van der Waals surface area contributed by atoms with Gasteiger partial charge < -0.3 is 15.5 Å². The van der Waals surface area contributed by atoms with Crippen LogP contribution in [-0.4, -0.2) is 45.2 Å². The number of fused-ring (bicyclic) bond motifs is 2. The molecule has 0 bridgehead atoms. The molecule has 7 nitrogen and oxygen atoms in total. The van der Waals surface area contributed by atoms with Crippen molar-refractivity contribution >= 4 is 39.0 Å². The largest absolute Gasteiger partial charge is 0.368 e. The zero-order valence-electron chi connectivity index (χ0n) is 18.0. The smallest absolute Gasteiger partial charge is 0.264 e. The molecule has 0 aliphatic carbocycles. The fraction of sp³-hybridized carbons (Fsp3) is 0.364. The van der Waals surface area contributed by atoms with E-state index in [1.165, 1.54) is 16.8 Å². The van der Waals surface area contributed by atoms with Gasteiger partial charge in [0.25, 0.3) is 6.43 Å². The van der Waals surface area contributed by atoms with Gasteiger partial charge in [0.05, 0.1) is 10.9 Å². The van der Waals surface area contributed by atoms with Gasteiger partial charge in [0, 0.05) is 60.7 Å².